The molecule has 1 N–H and O–H groups in total. The van der Waals surface area contributed by atoms with Crippen molar-refractivity contribution in [1.82, 2.24) is 14.9 Å². The maximum Gasteiger partial charge on any atom is 0.323 e. The molecule has 2 aromatic rings. The van der Waals surface area contributed by atoms with Gasteiger partial charge in [-0.15, -0.1) is 0 Å². The molecule has 0 bridgehead atoms. The molecule has 0 aliphatic carbocycles. The van der Waals surface area contributed by atoms with Crippen molar-refractivity contribution < 1.29 is 13.9 Å². The zero-order valence-corrected chi connectivity index (χ0v) is 14.1. The van der Waals surface area contributed by atoms with Gasteiger partial charge in [-0.05, 0) is 24.3 Å². The molecule has 132 valence electrons. The average molecular weight is 345 g/mol. The number of pyridine rings is 2. The number of rotatable bonds is 4. The summed E-state index contributed by atoms with van der Waals surface area (Å²) < 4.78 is 18.9. The SMILES string of the molecule is CN(C)c1ncccc1O[C@H]1CCN(C(=O)Nc2ccc(F)cn2)C1. The quantitative estimate of drug-likeness (QED) is 0.921. The van der Waals surface area contributed by atoms with Crippen molar-refractivity contribution in [2.75, 3.05) is 37.4 Å². The highest BCUT2D eigenvalue weighted by Crippen LogP contribution is 2.26. The molecular formula is C17H20FN5O2. The van der Waals surface area contributed by atoms with E-state index in [0.717, 1.165) is 18.4 Å². The van der Waals surface area contributed by atoms with Gasteiger partial charge in [-0.3, -0.25) is 5.32 Å². The van der Waals surface area contributed by atoms with E-state index in [1.165, 1.54) is 12.1 Å². The van der Waals surface area contributed by atoms with Crippen molar-refractivity contribution >= 4 is 17.7 Å². The summed E-state index contributed by atoms with van der Waals surface area (Å²) in [7, 11) is 3.80. The number of nitrogens with zero attached hydrogens (tertiary/aromatic N) is 4. The molecule has 3 heterocycles. The van der Waals surface area contributed by atoms with Gasteiger partial charge in [-0.2, -0.15) is 0 Å². The zero-order chi connectivity index (χ0) is 17.8. The highest BCUT2D eigenvalue weighted by molar-refractivity contribution is 5.88. The minimum Gasteiger partial charge on any atom is -0.485 e. The van der Waals surface area contributed by atoms with Gasteiger partial charge in [0.2, 0.25) is 0 Å². The minimum atomic E-state index is -0.444. The lowest BCUT2D eigenvalue weighted by molar-refractivity contribution is 0.195. The average Bonchev–Trinajstić information content (AvgIpc) is 3.06. The standard InChI is InChI=1S/C17H20FN5O2/c1-22(2)16-14(4-3-8-19-16)25-13-7-9-23(11-13)17(24)21-15-6-5-12(18)10-20-15/h3-6,8,10,13H,7,9,11H2,1-2H3,(H,20,21,24)/t13-/m0/s1. The molecule has 25 heavy (non-hydrogen) atoms. The molecule has 1 aliphatic heterocycles. The number of amides is 2. The molecule has 1 aliphatic rings. The summed E-state index contributed by atoms with van der Waals surface area (Å²) in [6.45, 7) is 1.05. The fourth-order valence-electron chi connectivity index (χ4n) is 2.64. The fourth-order valence-corrected chi connectivity index (χ4v) is 2.64. The number of halogens is 1. The molecule has 0 aromatic carbocycles. The first-order valence-corrected chi connectivity index (χ1v) is 7.99. The second-order valence-electron chi connectivity index (χ2n) is 5.99. The number of anilines is 2. The Kier molecular flexibility index (Phi) is 4.97. The molecule has 2 amide bonds. The summed E-state index contributed by atoms with van der Waals surface area (Å²) in [5.41, 5.74) is 0. The van der Waals surface area contributed by atoms with Crippen molar-refractivity contribution in [1.29, 1.82) is 0 Å². The van der Waals surface area contributed by atoms with Crippen LogP contribution in [0.25, 0.3) is 0 Å². The molecule has 0 saturated carbocycles. The Labute approximate surface area is 145 Å². The van der Waals surface area contributed by atoms with Gasteiger partial charge >= 0.3 is 6.03 Å². The molecule has 1 saturated heterocycles. The van der Waals surface area contributed by atoms with Crippen LogP contribution in [0.15, 0.2) is 36.7 Å². The van der Waals surface area contributed by atoms with Gasteiger partial charge in [-0.1, -0.05) is 0 Å². The molecule has 7 nitrogen and oxygen atoms in total. The van der Waals surface area contributed by atoms with Crippen LogP contribution in [0.3, 0.4) is 0 Å². The number of hydrogen-bond acceptors (Lipinski definition) is 5. The number of hydrogen-bond donors (Lipinski definition) is 1. The summed E-state index contributed by atoms with van der Waals surface area (Å²) in [5, 5.41) is 2.66. The Morgan fingerprint density at radius 3 is 2.92 bits per heavy atom. The fraction of sp³-hybridized carbons (Fsp3) is 0.353. The van der Waals surface area contributed by atoms with Crippen LogP contribution in [0.1, 0.15) is 6.42 Å². The predicted molar refractivity (Wildman–Crippen MR) is 92.4 cm³/mol. The lowest BCUT2D eigenvalue weighted by Gasteiger charge is -2.20. The highest BCUT2D eigenvalue weighted by atomic mass is 19.1. The first-order chi connectivity index (χ1) is 12.0. The van der Waals surface area contributed by atoms with Crippen LogP contribution >= 0.6 is 0 Å². The molecule has 0 spiro atoms. The van der Waals surface area contributed by atoms with E-state index < -0.39 is 5.82 Å². The minimum absolute atomic E-state index is 0.102. The largest absolute Gasteiger partial charge is 0.485 e. The molecule has 3 rings (SSSR count). The van der Waals surface area contributed by atoms with E-state index >= 15 is 0 Å². The van der Waals surface area contributed by atoms with E-state index in [-0.39, 0.29) is 12.1 Å². The van der Waals surface area contributed by atoms with Crippen LogP contribution in [0.2, 0.25) is 0 Å². The number of carbonyl (C=O) groups excluding carboxylic acids is 1. The Morgan fingerprint density at radius 1 is 1.36 bits per heavy atom. The summed E-state index contributed by atoms with van der Waals surface area (Å²) in [6, 6.07) is 6.10. The van der Waals surface area contributed by atoms with E-state index in [1.54, 1.807) is 11.1 Å². The second kappa shape index (κ2) is 7.33. The van der Waals surface area contributed by atoms with Crippen molar-refractivity contribution in [2.24, 2.45) is 0 Å². The van der Waals surface area contributed by atoms with Crippen molar-refractivity contribution in [3.05, 3.63) is 42.5 Å². The normalized spacial score (nSPS) is 16.6. The maximum atomic E-state index is 12.9. The van der Waals surface area contributed by atoms with E-state index in [0.29, 0.717) is 24.7 Å². The van der Waals surface area contributed by atoms with Crippen LogP contribution < -0.4 is 15.0 Å². The van der Waals surface area contributed by atoms with Gasteiger partial charge in [0.15, 0.2) is 11.6 Å². The van der Waals surface area contributed by atoms with Gasteiger partial charge < -0.3 is 14.5 Å². The third-order valence-corrected chi connectivity index (χ3v) is 3.86. The van der Waals surface area contributed by atoms with Crippen LogP contribution in [0, 0.1) is 5.82 Å². The van der Waals surface area contributed by atoms with E-state index in [4.69, 9.17) is 4.74 Å². The first kappa shape index (κ1) is 16.9. The van der Waals surface area contributed by atoms with Gasteiger partial charge in [-0.25, -0.2) is 19.2 Å². The Morgan fingerprint density at radius 2 is 2.20 bits per heavy atom. The van der Waals surface area contributed by atoms with Crippen LogP contribution in [-0.4, -0.2) is 54.2 Å². The molecule has 1 atom stereocenters. The van der Waals surface area contributed by atoms with Crippen molar-refractivity contribution in [3.63, 3.8) is 0 Å². The van der Waals surface area contributed by atoms with Gasteiger partial charge in [0, 0.05) is 33.3 Å². The summed E-state index contributed by atoms with van der Waals surface area (Å²) in [5.74, 6) is 1.32. The van der Waals surface area contributed by atoms with Crippen LogP contribution in [0.4, 0.5) is 20.8 Å². The summed E-state index contributed by atoms with van der Waals surface area (Å²) >= 11 is 0. The molecule has 1 fully saturated rings. The Bertz CT molecular complexity index is 738. The summed E-state index contributed by atoms with van der Waals surface area (Å²) in [4.78, 5) is 24.0. The lowest BCUT2D eigenvalue weighted by Crippen LogP contribution is -2.34. The highest BCUT2D eigenvalue weighted by Gasteiger charge is 2.28. The van der Waals surface area contributed by atoms with Gasteiger partial charge in [0.1, 0.15) is 17.7 Å². The lowest BCUT2D eigenvalue weighted by atomic mass is 10.3. The number of ether oxygens (including phenoxy) is 1. The second-order valence-corrected chi connectivity index (χ2v) is 5.99. The molecule has 2 aromatic heterocycles. The van der Waals surface area contributed by atoms with Gasteiger partial charge in [0.25, 0.3) is 0 Å². The molecule has 8 heteroatoms. The monoisotopic (exact) mass is 345 g/mol. The third kappa shape index (κ3) is 4.14. The Balaban J connectivity index is 1.58. The summed E-state index contributed by atoms with van der Waals surface area (Å²) in [6.07, 6.45) is 3.41. The number of nitrogens with one attached hydrogen (secondary N) is 1. The van der Waals surface area contributed by atoms with Crippen LogP contribution in [0.5, 0.6) is 5.75 Å². The Hall–Kier alpha value is -2.90. The third-order valence-electron chi connectivity index (χ3n) is 3.86. The molecular weight excluding hydrogens is 325 g/mol. The van der Waals surface area contributed by atoms with Crippen LogP contribution in [-0.2, 0) is 0 Å². The number of carbonyl (C=O) groups is 1. The van der Waals surface area contributed by atoms with E-state index in [2.05, 4.69) is 15.3 Å². The number of aromatic nitrogens is 2. The van der Waals surface area contributed by atoms with Crippen molar-refractivity contribution in [2.45, 2.75) is 12.5 Å². The number of likely N-dealkylation sites (tertiary alicyclic amines) is 1. The van der Waals surface area contributed by atoms with Crippen molar-refractivity contribution in [3.8, 4) is 5.75 Å². The van der Waals surface area contributed by atoms with E-state index in [1.807, 2.05) is 31.1 Å². The smallest absolute Gasteiger partial charge is 0.323 e. The maximum absolute atomic E-state index is 12.9. The topological polar surface area (TPSA) is 70.6 Å². The molecule has 0 radical (unpaired) electrons. The zero-order valence-electron chi connectivity index (χ0n) is 14.1. The number of urea groups is 1. The molecule has 0 unspecified atom stereocenters. The predicted octanol–water partition coefficient (Wildman–Crippen LogP) is 2.37. The van der Waals surface area contributed by atoms with Gasteiger partial charge in [0.05, 0.1) is 12.7 Å². The van der Waals surface area contributed by atoms with E-state index in [9.17, 15) is 9.18 Å². The first-order valence-electron chi connectivity index (χ1n) is 7.99.